The van der Waals surface area contributed by atoms with Gasteiger partial charge in [0.15, 0.2) is 0 Å². The van der Waals surface area contributed by atoms with Crippen molar-refractivity contribution in [2.75, 3.05) is 16.8 Å². The van der Waals surface area contributed by atoms with E-state index in [1.165, 1.54) is 17.5 Å². The van der Waals surface area contributed by atoms with E-state index in [9.17, 15) is 9.59 Å². The van der Waals surface area contributed by atoms with E-state index in [0.717, 1.165) is 29.8 Å². The molecule has 4 rings (SSSR count). The topological polar surface area (TPSA) is 49.4 Å². The summed E-state index contributed by atoms with van der Waals surface area (Å²) < 4.78 is 0. The zero-order chi connectivity index (χ0) is 17.4. The molecule has 0 spiro atoms. The Kier molecular flexibility index (Phi) is 4.04. The lowest BCUT2D eigenvalue weighted by Crippen LogP contribution is -2.28. The number of nitrogens with one attached hydrogen (secondary N) is 1. The molecule has 1 saturated heterocycles. The van der Waals surface area contributed by atoms with Crippen LogP contribution in [0.4, 0.5) is 11.4 Å². The van der Waals surface area contributed by atoms with Crippen LogP contribution >= 0.6 is 0 Å². The molecule has 2 aromatic carbocycles. The van der Waals surface area contributed by atoms with Crippen LogP contribution in [0.2, 0.25) is 0 Å². The molecule has 4 nitrogen and oxygen atoms in total. The van der Waals surface area contributed by atoms with Crippen molar-refractivity contribution in [3.05, 3.63) is 59.2 Å². The standard InChI is InChI=1S/C21H22N2O2/c1-14-5-2-3-8-19(14)23-13-17(12-20(23)24)21(25)22-18-10-9-15-6-4-7-16(15)11-18/h2-3,5,8-11,17H,4,6-7,12-13H2,1H3,(H,22,25)/t17-/m1/s1. The summed E-state index contributed by atoms with van der Waals surface area (Å²) in [4.78, 5) is 26.8. The number of para-hydroxylation sites is 1. The second kappa shape index (κ2) is 6.36. The van der Waals surface area contributed by atoms with Gasteiger partial charge < -0.3 is 10.2 Å². The molecule has 1 aliphatic carbocycles. The number of benzene rings is 2. The zero-order valence-corrected chi connectivity index (χ0v) is 14.4. The first kappa shape index (κ1) is 15.9. The average molecular weight is 334 g/mol. The Balaban J connectivity index is 1.47. The van der Waals surface area contributed by atoms with Crippen molar-refractivity contribution < 1.29 is 9.59 Å². The number of carbonyl (C=O) groups excluding carboxylic acids is 2. The van der Waals surface area contributed by atoms with Crippen LogP contribution in [0.15, 0.2) is 42.5 Å². The van der Waals surface area contributed by atoms with E-state index in [-0.39, 0.29) is 24.2 Å². The first-order chi connectivity index (χ1) is 12.1. The molecule has 1 heterocycles. The molecule has 0 aromatic heterocycles. The Morgan fingerprint density at radius 3 is 2.76 bits per heavy atom. The van der Waals surface area contributed by atoms with E-state index in [1.54, 1.807) is 4.90 Å². The molecule has 1 fully saturated rings. The van der Waals surface area contributed by atoms with Crippen molar-refractivity contribution in [1.29, 1.82) is 0 Å². The summed E-state index contributed by atoms with van der Waals surface area (Å²) in [6, 6.07) is 14.0. The predicted molar refractivity (Wildman–Crippen MR) is 98.7 cm³/mol. The van der Waals surface area contributed by atoms with E-state index < -0.39 is 0 Å². The van der Waals surface area contributed by atoms with Crippen LogP contribution in [0.1, 0.15) is 29.5 Å². The van der Waals surface area contributed by atoms with Crippen LogP contribution < -0.4 is 10.2 Å². The van der Waals surface area contributed by atoms with Gasteiger partial charge in [0.05, 0.1) is 5.92 Å². The van der Waals surface area contributed by atoms with Crippen molar-refractivity contribution in [3.63, 3.8) is 0 Å². The third-order valence-corrected chi connectivity index (χ3v) is 5.27. The number of amides is 2. The van der Waals surface area contributed by atoms with E-state index in [2.05, 4.69) is 17.4 Å². The molecule has 1 atom stereocenters. The van der Waals surface area contributed by atoms with Gasteiger partial charge in [-0.05, 0) is 61.1 Å². The molecule has 1 aliphatic heterocycles. The number of hydrogen-bond acceptors (Lipinski definition) is 2. The SMILES string of the molecule is Cc1ccccc1N1C[C@H](C(=O)Nc2ccc3c(c2)CCC3)CC1=O. The highest BCUT2D eigenvalue weighted by Gasteiger charge is 2.35. The number of fused-ring (bicyclic) bond motifs is 1. The Morgan fingerprint density at radius 2 is 1.92 bits per heavy atom. The summed E-state index contributed by atoms with van der Waals surface area (Å²) in [6.45, 7) is 2.43. The van der Waals surface area contributed by atoms with Crippen molar-refractivity contribution in [2.45, 2.75) is 32.6 Å². The summed E-state index contributed by atoms with van der Waals surface area (Å²) in [7, 11) is 0. The fourth-order valence-electron chi connectivity index (χ4n) is 3.88. The van der Waals surface area contributed by atoms with Gasteiger partial charge >= 0.3 is 0 Å². The van der Waals surface area contributed by atoms with E-state index in [0.29, 0.717) is 6.54 Å². The van der Waals surface area contributed by atoms with Gasteiger partial charge in [-0.15, -0.1) is 0 Å². The van der Waals surface area contributed by atoms with Gasteiger partial charge in [0.1, 0.15) is 0 Å². The van der Waals surface area contributed by atoms with Gasteiger partial charge in [-0.1, -0.05) is 24.3 Å². The molecular formula is C21H22N2O2. The summed E-state index contributed by atoms with van der Waals surface area (Å²) in [5, 5.41) is 3.00. The molecule has 0 bridgehead atoms. The van der Waals surface area contributed by atoms with Crippen LogP contribution in [0, 0.1) is 12.8 Å². The molecule has 2 aliphatic rings. The van der Waals surface area contributed by atoms with E-state index >= 15 is 0 Å². The Bertz CT molecular complexity index is 844. The molecule has 0 radical (unpaired) electrons. The first-order valence-electron chi connectivity index (χ1n) is 8.90. The number of aryl methyl sites for hydroxylation is 3. The maximum atomic E-state index is 12.6. The smallest absolute Gasteiger partial charge is 0.229 e. The Labute approximate surface area is 147 Å². The van der Waals surface area contributed by atoms with Crippen LogP contribution in [-0.4, -0.2) is 18.4 Å². The first-order valence-corrected chi connectivity index (χ1v) is 8.90. The van der Waals surface area contributed by atoms with Crippen LogP contribution in [-0.2, 0) is 22.4 Å². The lowest BCUT2D eigenvalue weighted by Gasteiger charge is -2.19. The molecule has 2 aromatic rings. The summed E-state index contributed by atoms with van der Waals surface area (Å²) in [6.07, 6.45) is 3.68. The predicted octanol–water partition coefficient (Wildman–Crippen LogP) is 3.48. The number of rotatable bonds is 3. The van der Waals surface area contributed by atoms with Gasteiger partial charge in [0.2, 0.25) is 11.8 Å². The van der Waals surface area contributed by atoms with Gasteiger partial charge in [0.25, 0.3) is 0 Å². The number of nitrogens with zero attached hydrogens (tertiary/aromatic N) is 1. The highest BCUT2D eigenvalue weighted by Crippen LogP contribution is 2.29. The normalized spacial score (nSPS) is 19.2. The number of hydrogen-bond donors (Lipinski definition) is 1. The number of carbonyl (C=O) groups is 2. The fourth-order valence-corrected chi connectivity index (χ4v) is 3.88. The van der Waals surface area contributed by atoms with Crippen molar-refractivity contribution in [1.82, 2.24) is 0 Å². The molecule has 1 N–H and O–H groups in total. The molecule has 128 valence electrons. The van der Waals surface area contributed by atoms with Crippen molar-refractivity contribution in [2.24, 2.45) is 5.92 Å². The minimum atomic E-state index is -0.305. The second-order valence-corrected chi connectivity index (χ2v) is 7.02. The van der Waals surface area contributed by atoms with Crippen molar-refractivity contribution >= 4 is 23.2 Å². The minimum absolute atomic E-state index is 0.0170. The minimum Gasteiger partial charge on any atom is -0.326 e. The molecule has 4 heteroatoms. The van der Waals surface area contributed by atoms with Crippen LogP contribution in [0.3, 0.4) is 0 Å². The maximum absolute atomic E-state index is 12.6. The highest BCUT2D eigenvalue weighted by molar-refractivity contribution is 6.03. The molecular weight excluding hydrogens is 312 g/mol. The Hall–Kier alpha value is -2.62. The monoisotopic (exact) mass is 334 g/mol. The Morgan fingerprint density at radius 1 is 1.12 bits per heavy atom. The van der Waals surface area contributed by atoms with Gasteiger partial charge in [-0.25, -0.2) is 0 Å². The average Bonchev–Trinajstić information content (AvgIpc) is 3.21. The van der Waals surface area contributed by atoms with Crippen LogP contribution in [0.5, 0.6) is 0 Å². The van der Waals surface area contributed by atoms with Crippen LogP contribution in [0.25, 0.3) is 0 Å². The lowest BCUT2D eigenvalue weighted by molar-refractivity contribution is -0.122. The summed E-state index contributed by atoms with van der Waals surface area (Å²) in [5.74, 6) is -0.355. The van der Waals surface area contributed by atoms with Crippen molar-refractivity contribution in [3.8, 4) is 0 Å². The zero-order valence-electron chi connectivity index (χ0n) is 14.4. The molecule has 0 saturated carbocycles. The second-order valence-electron chi connectivity index (χ2n) is 7.02. The quantitative estimate of drug-likeness (QED) is 0.934. The maximum Gasteiger partial charge on any atom is 0.229 e. The van der Waals surface area contributed by atoms with E-state index in [1.807, 2.05) is 37.3 Å². The molecule has 25 heavy (non-hydrogen) atoms. The van der Waals surface area contributed by atoms with Gasteiger partial charge in [0, 0.05) is 24.3 Å². The summed E-state index contributed by atoms with van der Waals surface area (Å²) >= 11 is 0. The highest BCUT2D eigenvalue weighted by atomic mass is 16.2. The fraction of sp³-hybridized carbons (Fsp3) is 0.333. The van der Waals surface area contributed by atoms with Gasteiger partial charge in [-0.3, -0.25) is 9.59 Å². The third-order valence-electron chi connectivity index (χ3n) is 5.27. The summed E-state index contributed by atoms with van der Waals surface area (Å²) in [5.41, 5.74) is 5.52. The number of anilines is 2. The third kappa shape index (κ3) is 3.04. The van der Waals surface area contributed by atoms with Gasteiger partial charge in [-0.2, -0.15) is 0 Å². The van der Waals surface area contributed by atoms with E-state index in [4.69, 9.17) is 0 Å². The molecule has 2 amide bonds. The lowest BCUT2D eigenvalue weighted by atomic mass is 10.1. The molecule has 0 unspecified atom stereocenters. The largest absolute Gasteiger partial charge is 0.326 e.